The number of methoxy groups -OCH3 is 1. The van der Waals surface area contributed by atoms with Crippen molar-refractivity contribution >= 4 is 18.0 Å². The van der Waals surface area contributed by atoms with Crippen LogP contribution in [-0.2, 0) is 14.3 Å². The van der Waals surface area contributed by atoms with E-state index in [4.69, 9.17) is 14.2 Å². The largest absolute Gasteiger partial charge is 0.493 e. The third-order valence-electron chi connectivity index (χ3n) is 5.86. The quantitative estimate of drug-likeness (QED) is 0.217. The molecular formula is C29H26N2O5. The first-order valence-corrected chi connectivity index (χ1v) is 11.6. The number of benzene rings is 3. The lowest BCUT2D eigenvalue weighted by Gasteiger charge is -2.26. The van der Waals surface area contributed by atoms with Crippen LogP contribution in [0.25, 0.3) is 6.08 Å². The van der Waals surface area contributed by atoms with Crippen molar-refractivity contribution in [3.05, 3.63) is 101 Å². The van der Waals surface area contributed by atoms with Crippen LogP contribution < -0.4 is 9.47 Å². The highest BCUT2D eigenvalue weighted by atomic mass is 16.6. The maximum atomic E-state index is 13.4. The van der Waals surface area contributed by atoms with E-state index >= 15 is 0 Å². The van der Waals surface area contributed by atoms with Gasteiger partial charge in [0.05, 0.1) is 20.3 Å². The lowest BCUT2D eigenvalue weighted by Crippen LogP contribution is -2.41. The van der Waals surface area contributed by atoms with Crippen LogP contribution in [0.15, 0.2) is 84.4 Å². The molecule has 0 atom stereocenters. The Morgan fingerprint density at radius 1 is 0.944 bits per heavy atom. The van der Waals surface area contributed by atoms with E-state index in [0.29, 0.717) is 37.6 Å². The topological polar surface area (TPSA) is 88.9 Å². The number of nitriles is 1. The molecule has 7 heteroatoms. The smallest absolute Gasteiger partial charge is 0.323 e. The zero-order valence-electron chi connectivity index (χ0n) is 19.9. The molecule has 3 aromatic rings. The Morgan fingerprint density at radius 2 is 1.56 bits per heavy atom. The van der Waals surface area contributed by atoms with Gasteiger partial charge in [0.2, 0.25) is 0 Å². The second-order valence-electron chi connectivity index (χ2n) is 8.16. The molecule has 1 heterocycles. The van der Waals surface area contributed by atoms with Crippen LogP contribution in [0.2, 0.25) is 0 Å². The highest BCUT2D eigenvalue weighted by Crippen LogP contribution is 2.32. The van der Waals surface area contributed by atoms with Gasteiger partial charge in [0, 0.05) is 13.1 Å². The Hall–Kier alpha value is -4.41. The van der Waals surface area contributed by atoms with E-state index in [1.807, 2.05) is 66.7 Å². The normalized spacial score (nSPS) is 13.7. The van der Waals surface area contributed by atoms with Crippen molar-refractivity contribution in [2.24, 2.45) is 0 Å². The van der Waals surface area contributed by atoms with Crippen molar-refractivity contribution in [3.63, 3.8) is 0 Å². The van der Waals surface area contributed by atoms with E-state index in [1.165, 1.54) is 13.2 Å². The summed E-state index contributed by atoms with van der Waals surface area (Å²) in [5.41, 5.74) is 2.21. The lowest BCUT2D eigenvalue weighted by molar-refractivity contribution is -0.135. The van der Waals surface area contributed by atoms with Gasteiger partial charge in [-0.1, -0.05) is 66.7 Å². The van der Waals surface area contributed by atoms with Gasteiger partial charge >= 0.3 is 5.97 Å². The average molecular weight is 483 g/mol. The molecule has 0 unspecified atom stereocenters. The van der Waals surface area contributed by atoms with Gasteiger partial charge in [0.25, 0.3) is 5.91 Å². The molecule has 4 rings (SSSR count). The molecule has 0 bridgehead atoms. The first-order valence-electron chi connectivity index (χ1n) is 11.6. The average Bonchev–Trinajstić information content (AvgIpc) is 2.94. The number of amides is 1. The van der Waals surface area contributed by atoms with E-state index in [2.05, 4.69) is 0 Å². The minimum atomic E-state index is -0.618. The summed E-state index contributed by atoms with van der Waals surface area (Å²) in [7, 11) is 1.47. The summed E-state index contributed by atoms with van der Waals surface area (Å²) in [6.07, 6.45) is 1.50. The fourth-order valence-electron chi connectivity index (χ4n) is 4.03. The number of rotatable bonds is 7. The van der Waals surface area contributed by atoms with Gasteiger partial charge in [-0.2, -0.15) is 5.26 Å². The highest BCUT2D eigenvalue weighted by molar-refractivity contribution is 6.01. The van der Waals surface area contributed by atoms with Crippen molar-refractivity contribution < 1.29 is 23.8 Å². The summed E-state index contributed by atoms with van der Waals surface area (Å²) in [6, 6.07) is 25.8. The van der Waals surface area contributed by atoms with Gasteiger partial charge in [0.1, 0.15) is 17.6 Å². The molecule has 1 aliphatic heterocycles. The Kier molecular flexibility index (Phi) is 8.12. The molecule has 1 aliphatic rings. The lowest BCUT2D eigenvalue weighted by atomic mass is 9.91. The zero-order chi connectivity index (χ0) is 25.3. The highest BCUT2D eigenvalue weighted by Gasteiger charge is 2.26. The molecule has 0 aromatic heterocycles. The summed E-state index contributed by atoms with van der Waals surface area (Å²) in [5, 5.41) is 9.57. The Labute approximate surface area is 210 Å². The first kappa shape index (κ1) is 24.7. The molecule has 0 N–H and O–H groups in total. The second-order valence-corrected chi connectivity index (χ2v) is 8.16. The molecule has 0 spiro atoms. The molecule has 0 aliphatic carbocycles. The molecule has 0 radical (unpaired) electrons. The minimum absolute atomic E-state index is 0.0110. The maximum absolute atomic E-state index is 13.4. The Morgan fingerprint density at radius 3 is 2.11 bits per heavy atom. The number of hydrogen-bond donors (Lipinski definition) is 0. The Bertz CT molecular complexity index is 1240. The standard InChI is InChI=1S/C29H26N2O5/c1-34-26-19-21(18-24(20-30)28(32)31-14-16-35-17-15-31)12-13-25(26)36-29(33)27(22-8-4-2-5-9-22)23-10-6-3-7-11-23/h2-13,18-19,27H,14-17H2,1H3/b24-18+. The van der Waals surface area contributed by atoms with Crippen LogP contribution in [-0.4, -0.2) is 50.2 Å². The van der Waals surface area contributed by atoms with E-state index < -0.39 is 11.9 Å². The number of esters is 1. The van der Waals surface area contributed by atoms with Crippen LogP contribution in [0.5, 0.6) is 11.5 Å². The van der Waals surface area contributed by atoms with Crippen molar-refractivity contribution in [1.29, 1.82) is 5.26 Å². The molecule has 36 heavy (non-hydrogen) atoms. The molecule has 1 fully saturated rings. The maximum Gasteiger partial charge on any atom is 0.323 e. The van der Waals surface area contributed by atoms with Gasteiger partial charge in [-0.15, -0.1) is 0 Å². The van der Waals surface area contributed by atoms with E-state index in [0.717, 1.165) is 11.1 Å². The molecular weight excluding hydrogens is 456 g/mol. The fraction of sp³-hybridized carbons (Fsp3) is 0.207. The van der Waals surface area contributed by atoms with Gasteiger partial charge in [0.15, 0.2) is 11.5 Å². The molecule has 3 aromatic carbocycles. The predicted molar refractivity (Wildman–Crippen MR) is 134 cm³/mol. The van der Waals surface area contributed by atoms with Gasteiger partial charge in [-0.3, -0.25) is 9.59 Å². The van der Waals surface area contributed by atoms with Crippen molar-refractivity contribution in [2.45, 2.75) is 5.92 Å². The van der Waals surface area contributed by atoms with Crippen LogP contribution in [0.3, 0.4) is 0 Å². The van der Waals surface area contributed by atoms with E-state index in [9.17, 15) is 14.9 Å². The second kappa shape index (κ2) is 11.8. The monoisotopic (exact) mass is 482 g/mol. The van der Waals surface area contributed by atoms with Crippen molar-refractivity contribution in [2.75, 3.05) is 33.4 Å². The van der Waals surface area contributed by atoms with Gasteiger partial charge in [-0.05, 0) is 34.9 Å². The van der Waals surface area contributed by atoms with Crippen molar-refractivity contribution in [3.8, 4) is 17.6 Å². The number of carbonyl (C=O) groups excluding carboxylic acids is 2. The van der Waals surface area contributed by atoms with Gasteiger partial charge < -0.3 is 19.1 Å². The number of nitrogens with zero attached hydrogens (tertiary/aromatic N) is 2. The van der Waals surface area contributed by atoms with Crippen LogP contribution in [0, 0.1) is 11.3 Å². The number of ether oxygens (including phenoxy) is 3. The summed E-state index contributed by atoms with van der Waals surface area (Å²) < 4.78 is 16.5. The summed E-state index contributed by atoms with van der Waals surface area (Å²) in [4.78, 5) is 27.7. The zero-order valence-corrected chi connectivity index (χ0v) is 19.9. The van der Waals surface area contributed by atoms with Crippen LogP contribution in [0.1, 0.15) is 22.6 Å². The summed E-state index contributed by atoms with van der Waals surface area (Å²) >= 11 is 0. The molecule has 1 saturated heterocycles. The predicted octanol–water partition coefficient (Wildman–Crippen LogP) is 4.20. The fourth-order valence-corrected chi connectivity index (χ4v) is 4.03. The van der Waals surface area contributed by atoms with Gasteiger partial charge in [-0.25, -0.2) is 0 Å². The molecule has 1 amide bonds. The van der Waals surface area contributed by atoms with E-state index in [1.54, 1.807) is 23.1 Å². The number of morpholine rings is 1. The molecule has 182 valence electrons. The van der Waals surface area contributed by atoms with Crippen molar-refractivity contribution in [1.82, 2.24) is 4.90 Å². The molecule has 0 saturated carbocycles. The SMILES string of the molecule is COc1cc(/C=C(\C#N)C(=O)N2CCOCC2)ccc1OC(=O)C(c1ccccc1)c1ccccc1. The number of hydrogen-bond acceptors (Lipinski definition) is 6. The summed E-state index contributed by atoms with van der Waals surface area (Å²) in [6.45, 7) is 1.79. The minimum Gasteiger partial charge on any atom is -0.493 e. The van der Waals surface area contributed by atoms with E-state index in [-0.39, 0.29) is 17.2 Å². The molecule has 7 nitrogen and oxygen atoms in total. The van der Waals surface area contributed by atoms with Crippen LogP contribution >= 0.6 is 0 Å². The number of carbonyl (C=O) groups is 2. The first-order chi connectivity index (χ1) is 17.6. The third kappa shape index (κ3) is 5.80. The Balaban J connectivity index is 1.58. The third-order valence-corrected chi connectivity index (χ3v) is 5.86. The summed E-state index contributed by atoms with van der Waals surface area (Å²) in [5.74, 6) is -0.853. The van der Waals surface area contributed by atoms with Crippen LogP contribution in [0.4, 0.5) is 0 Å².